The van der Waals surface area contributed by atoms with Crippen molar-refractivity contribution in [1.29, 1.82) is 0 Å². The molecule has 1 aromatic carbocycles. The highest BCUT2D eigenvalue weighted by atomic mass is 35.5. The van der Waals surface area contributed by atoms with Gasteiger partial charge in [-0.25, -0.2) is 4.98 Å². The fraction of sp³-hybridized carbons (Fsp3) is 0.250. The third-order valence-corrected chi connectivity index (χ3v) is 3.83. The molecule has 1 atom stereocenters. The Morgan fingerprint density at radius 3 is 2.47 bits per heavy atom. The maximum Gasteiger partial charge on any atom is 0.0898 e. The molecule has 2 nitrogen and oxygen atoms in total. The zero-order valence-corrected chi connectivity index (χ0v) is 11.8. The second-order valence-corrected chi connectivity index (χ2v) is 5.63. The summed E-state index contributed by atoms with van der Waals surface area (Å²) < 4.78 is 0. The molecule has 1 aromatic heterocycles. The van der Waals surface area contributed by atoms with Gasteiger partial charge in [-0.15, -0.1) is 11.3 Å². The maximum atomic E-state index is 6.10. The van der Waals surface area contributed by atoms with Crippen molar-refractivity contribution < 1.29 is 0 Å². The first-order valence-electron chi connectivity index (χ1n) is 5.20. The van der Waals surface area contributed by atoms with E-state index >= 15 is 0 Å². The van der Waals surface area contributed by atoms with Crippen LogP contribution in [-0.4, -0.2) is 4.98 Å². The molecule has 2 aromatic rings. The van der Waals surface area contributed by atoms with Gasteiger partial charge in [0.05, 0.1) is 32.5 Å². The predicted molar refractivity (Wildman–Crippen MR) is 75.4 cm³/mol. The van der Waals surface area contributed by atoms with E-state index in [0.29, 0.717) is 10.0 Å². The van der Waals surface area contributed by atoms with Gasteiger partial charge in [-0.1, -0.05) is 29.3 Å². The molecule has 0 amide bonds. The van der Waals surface area contributed by atoms with Crippen LogP contribution < -0.4 is 5.32 Å². The van der Waals surface area contributed by atoms with Crippen LogP contribution >= 0.6 is 34.5 Å². The van der Waals surface area contributed by atoms with Crippen LogP contribution in [0.5, 0.6) is 0 Å². The van der Waals surface area contributed by atoms with Crippen LogP contribution in [0.4, 0.5) is 5.69 Å². The Labute approximate surface area is 115 Å². The standard InChI is InChI=1S/C12H12Cl2N2S/c1-7(11-6-17-8(2)16-11)15-12-9(13)4-3-5-10(12)14/h3-7,15H,1-2H3. The molecule has 0 aliphatic heterocycles. The predicted octanol–water partition coefficient (Wildman–Crippen LogP) is 4.93. The Bertz CT molecular complexity index is 505. The number of aryl methyl sites for hydroxylation is 1. The van der Waals surface area contributed by atoms with Crippen LogP contribution in [0, 0.1) is 6.92 Å². The summed E-state index contributed by atoms with van der Waals surface area (Å²) >= 11 is 13.8. The van der Waals surface area contributed by atoms with Gasteiger partial charge in [-0.3, -0.25) is 0 Å². The van der Waals surface area contributed by atoms with Crippen LogP contribution in [0.2, 0.25) is 10.0 Å². The highest BCUT2D eigenvalue weighted by molar-refractivity contribution is 7.09. The minimum Gasteiger partial charge on any atom is -0.375 e. The maximum absolute atomic E-state index is 6.10. The number of hydrogen-bond acceptors (Lipinski definition) is 3. The minimum absolute atomic E-state index is 0.0809. The third kappa shape index (κ3) is 2.92. The monoisotopic (exact) mass is 286 g/mol. The molecule has 0 bridgehead atoms. The van der Waals surface area contributed by atoms with Gasteiger partial charge in [0, 0.05) is 5.38 Å². The summed E-state index contributed by atoms with van der Waals surface area (Å²) in [7, 11) is 0. The van der Waals surface area contributed by atoms with Crippen LogP contribution in [0.15, 0.2) is 23.6 Å². The van der Waals surface area contributed by atoms with Crippen molar-refractivity contribution in [3.05, 3.63) is 44.3 Å². The highest BCUT2D eigenvalue weighted by Crippen LogP contribution is 2.32. The number of nitrogens with one attached hydrogen (secondary N) is 1. The first kappa shape index (κ1) is 12.7. The van der Waals surface area contributed by atoms with Gasteiger partial charge in [-0.2, -0.15) is 0 Å². The molecule has 0 saturated heterocycles. The Morgan fingerprint density at radius 1 is 1.29 bits per heavy atom. The highest BCUT2D eigenvalue weighted by Gasteiger charge is 2.12. The van der Waals surface area contributed by atoms with Crippen LogP contribution in [0.3, 0.4) is 0 Å². The number of para-hydroxylation sites is 1. The van der Waals surface area contributed by atoms with E-state index < -0.39 is 0 Å². The lowest BCUT2D eigenvalue weighted by Crippen LogP contribution is -2.07. The van der Waals surface area contributed by atoms with E-state index in [-0.39, 0.29) is 6.04 Å². The smallest absolute Gasteiger partial charge is 0.0898 e. The lowest BCUT2D eigenvalue weighted by Gasteiger charge is -2.15. The molecule has 0 spiro atoms. The van der Waals surface area contributed by atoms with Gasteiger partial charge in [0.1, 0.15) is 0 Å². The van der Waals surface area contributed by atoms with Crippen molar-refractivity contribution in [3.8, 4) is 0 Å². The number of nitrogens with zero attached hydrogens (tertiary/aromatic N) is 1. The molecule has 0 saturated carbocycles. The second kappa shape index (κ2) is 5.25. The van der Waals surface area contributed by atoms with Gasteiger partial charge in [-0.05, 0) is 26.0 Å². The lowest BCUT2D eigenvalue weighted by molar-refractivity contribution is 0.845. The SMILES string of the molecule is Cc1nc(C(C)Nc2c(Cl)cccc2Cl)cs1. The summed E-state index contributed by atoms with van der Waals surface area (Å²) in [4.78, 5) is 4.44. The third-order valence-electron chi connectivity index (χ3n) is 2.40. The minimum atomic E-state index is 0.0809. The van der Waals surface area contributed by atoms with E-state index in [1.165, 1.54) is 0 Å². The van der Waals surface area contributed by atoms with Crippen molar-refractivity contribution in [1.82, 2.24) is 4.98 Å². The molecule has 2 rings (SSSR count). The van der Waals surface area contributed by atoms with Crippen molar-refractivity contribution in [3.63, 3.8) is 0 Å². The molecule has 17 heavy (non-hydrogen) atoms. The Morgan fingerprint density at radius 2 is 1.94 bits per heavy atom. The molecular formula is C12H12Cl2N2S. The number of thiazole rings is 1. The number of aromatic nitrogens is 1. The topological polar surface area (TPSA) is 24.9 Å². The Hall–Kier alpha value is -0.770. The van der Waals surface area contributed by atoms with Crippen molar-refractivity contribution >= 4 is 40.2 Å². The Kier molecular flexibility index (Phi) is 3.92. The summed E-state index contributed by atoms with van der Waals surface area (Å²) in [5.74, 6) is 0. The van der Waals surface area contributed by atoms with Crippen LogP contribution in [0.1, 0.15) is 23.7 Å². The van der Waals surface area contributed by atoms with Gasteiger partial charge < -0.3 is 5.32 Å². The van der Waals surface area contributed by atoms with E-state index in [4.69, 9.17) is 23.2 Å². The normalized spacial score (nSPS) is 12.5. The fourth-order valence-corrected chi connectivity index (χ4v) is 2.72. The van der Waals surface area contributed by atoms with E-state index in [1.807, 2.05) is 37.4 Å². The first-order chi connectivity index (χ1) is 8.08. The van der Waals surface area contributed by atoms with Gasteiger partial charge in [0.15, 0.2) is 0 Å². The zero-order valence-electron chi connectivity index (χ0n) is 9.50. The lowest BCUT2D eigenvalue weighted by atomic mass is 10.2. The average molecular weight is 287 g/mol. The van der Waals surface area contributed by atoms with Crippen molar-refractivity contribution in [2.75, 3.05) is 5.32 Å². The number of hydrogen-bond donors (Lipinski definition) is 1. The summed E-state index contributed by atoms with van der Waals surface area (Å²) in [6.07, 6.45) is 0. The van der Waals surface area contributed by atoms with E-state index in [0.717, 1.165) is 16.4 Å². The average Bonchev–Trinajstić information content (AvgIpc) is 2.70. The summed E-state index contributed by atoms with van der Waals surface area (Å²) in [5, 5.41) is 7.63. The van der Waals surface area contributed by atoms with Crippen molar-refractivity contribution in [2.24, 2.45) is 0 Å². The number of anilines is 1. The first-order valence-corrected chi connectivity index (χ1v) is 6.84. The van der Waals surface area contributed by atoms with Crippen molar-refractivity contribution in [2.45, 2.75) is 19.9 Å². The van der Waals surface area contributed by atoms with E-state index in [1.54, 1.807) is 11.3 Å². The van der Waals surface area contributed by atoms with Gasteiger partial charge >= 0.3 is 0 Å². The Balaban J connectivity index is 2.21. The zero-order chi connectivity index (χ0) is 12.4. The number of rotatable bonds is 3. The van der Waals surface area contributed by atoms with Gasteiger partial charge in [0.25, 0.3) is 0 Å². The molecule has 90 valence electrons. The molecule has 1 heterocycles. The molecular weight excluding hydrogens is 275 g/mol. The fourth-order valence-electron chi connectivity index (χ4n) is 1.51. The number of benzene rings is 1. The summed E-state index contributed by atoms with van der Waals surface area (Å²) in [5.41, 5.74) is 1.76. The molecule has 1 N–H and O–H groups in total. The molecule has 0 aliphatic rings. The van der Waals surface area contributed by atoms with E-state index in [9.17, 15) is 0 Å². The second-order valence-electron chi connectivity index (χ2n) is 3.75. The van der Waals surface area contributed by atoms with Crippen LogP contribution in [0.25, 0.3) is 0 Å². The largest absolute Gasteiger partial charge is 0.375 e. The molecule has 0 fully saturated rings. The van der Waals surface area contributed by atoms with Gasteiger partial charge in [0.2, 0.25) is 0 Å². The number of halogens is 2. The molecule has 1 unspecified atom stereocenters. The quantitative estimate of drug-likeness (QED) is 0.865. The molecule has 5 heteroatoms. The summed E-state index contributed by atoms with van der Waals surface area (Å²) in [6.45, 7) is 4.03. The summed E-state index contributed by atoms with van der Waals surface area (Å²) in [6, 6.07) is 5.54. The molecule has 0 radical (unpaired) electrons. The van der Waals surface area contributed by atoms with Crippen LogP contribution in [-0.2, 0) is 0 Å². The van der Waals surface area contributed by atoms with E-state index in [2.05, 4.69) is 10.3 Å². The molecule has 0 aliphatic carbocycles.